The molecule has 3 atom stereocenters. The van der Waals surface area contributed by atoms with Crippen LogP contribution in [0.2, 0.25) is 0 Å². The quantitative estimate of drug-likeness (QED) is 0.266. The van der Waals surface area contributed by atoms with Crippen LogP contribution >= 0.6 is 15.9 Å². The highest BCUT2D eigenvalue weighted by Gasteiger charge is 2.48. The molecular formula is C26H21BrN8O3. The van der Waals surface area contributed by atoms with Gasteiger partial charge in [0.15, 0.2) is 5.69 Å². The number of hydrogen-bond acceptors (Lipinski definition) is 7. The first-order chi connectivity index (χ1) is 18.4. The maximum absolute atomic E-state index is 13.6. The van der Waals surface area contributed by atoms with E-state index in [1.165, 1.54) is 11.0 Å². The number of carbonyl (C=O) groups excluding carboxylic acids is 3. The number of carbonyl (C=O) groups is 3. The molecule has 4 heterocycles. The van der Waals surface area contributed by atoms with Crippen LogP contribution in [-0.4, -0.2) is 59.4 Å². The summed E-state index contributed by atoms with van der Waals surface area (Å²) in [5.74, 6) is -0.795. The minimum absolute atomic E-state index is 0.0596. The van der Waals surface area contributed by atoms with Crippen molar-refractivity contribution >= 4 is 50.4 Å². The number of nitrogens with two attached hydrogens (primary N) is 1. The molecule has 1 aliphatic heterocycles. The Balaban J connectivity index is 1.29. The van der Waals surface area contributed by atoms with Gasteiger partial charge in [0.05, 0.1) is 11.6 Å². The van der Waals surface area contributed by atoms with Gasteiger partial charge in [-0.15, -0.1) is 0 Å². The topological polar surface area (TPSA) is 149 Å². The number of anilines is 1. The van der Waals surface area contributed by atoms with Crippen LogP contribution in [-0.2, 0) is 16.1 Å². The molecule has 12 heteroatoms. The van der Waals surface area contributed by atoms with E-state index in [0.29, 0.717) is 27.7 Å². The van der Waals surface area contributed by atoms with E-state index in [1.54, 1.807) is 47.6 Å². The highest BCUT2D eigenvalue weighted by Crippen LogP contribution is 2.39. The van der Waals surface area contributed by atoms with E-state index < -0.39 is 11.9 Å². The lowest BCUT2D eigenvalue weighted by Gasteiger charge is -2.32. The Labute approximate surface area is 224 Å². The lowest BCUT2D eigenvalue weighted by molar-refractivity contribution is -0.138. The number of pyridine rings is 1. The molecule has 0 radical (unpaired) electrons. The van der Waals surface area contributed by atoms with Crippen molar-refractivity contribution in [2.45, 2.75) is 25.0 Å². The zero-order valence-electron chi connectivity index (χ0n) is 19.9. The molecule has 11 nitrogen and oxygen atoms in total. The highest BCUT2D eigenvalue weighted by atomic mass is 79.9. The predicted molar refractivity (Wildman–Crippen MR) is 142 cm³/mol. The van der Waals surface area contributed by atoms with Gasteiger partial charge in [-0.05, 0) is 52.2 Å². The number of amides is 3. The van der Waals surface area contributed by atoms with Crippen molar-refractivity contribution in [2.75, 3.05) is 5.32 Å². The highest BCUT2D eigenvalue weighted by molar-refractivity contribution is 9.10. The largest absolute Gasteiger partial charge is 0.364 e. The number of fused-ring (bicyclic) bond motifs is 2. The number of nitrogens with zero attached hydrogens (tertiary/aromatic N) is 6. The summed E-state index contributed by atoms with van der Waals surface area (Å²) in [5.41, 5.74) is 7.81. The Morgan fingerprint density at radius 3 is 2.61 bits per heavy atom. The van der Waals surface area contributed by atoms with Crippen LogP contribution in [0.25, 0.3) is 22.0 Å². The molecule has 1 saturated heterocycles. The zero-order chi connectivity index (χ0) is 26.4. The van der Waals surface area contributed by atoms with Gasteiger partial charge in [-0.3, -0.25) is 19.1 Å². The number of halogens is 1. The molecular weight excluding hydrogens is 552 g/mol. The van der Waals surface area contributed by atoms with Gasteiger partial charge in [0.2, 0.25) is 11.8 Å². The molecule has 0 saturated carbocycles. The molecule has 6 rings (SSSR count). The van der Waals surface area contributed by atoms with Crippen molar-refractivity contribution in [3.8, 4) is 11.1 Å². The van der Waals surface area contributed by atoms with Crippen LogP contribution < -0.4 is 11.1 Å². The normalized spacial score (nSPS) is 19.7. The lowest BCUT2D eigenvalue weighted by Crippen LogP contribution is -2.49. The molecule has 0 bridgehead atoms. The molecule has 2 aliphatic rings. The van der Waals surface area contributed by atoms with Crippen LogP contribution in [0, 0.1) is 5.92 Å². The summed E-state index contributed by atoms with van der Waals surface area (Å²) >= 11 is 3.30. The first-order valence-electron chi connectivity index (χ1n) is 11.9. The predicted octanol–water partition coefficient (Wildman–Crippen LogP) is 2.54. The van der Waals surface area contributed by atoms with Gasteiger partial charge in [-0.1, -0.05) is 24.3 Å². The summed E-state index contributed by atoms with van der Waals surface area (Å²) < 4.78 is 2.05. The van der Waals surface area contributed by atoms with Gasteiger partial charge in [0.1, 0.15) is 29.3 Å². The summed E-state index contributed by atoms with van der Waals surface area (Å²) in [6.07, 6.45) is 9.22. The fraction of sp³-hybridized carbons (Fsp3) is 0.192. The number of rotatable bonds is 6. The molecule has 3 unspecified atom stereocenters. The number of aromatic nitrogens is 5. The molecule has 3 aromatic heterocycles. The summed E-state index contributed by atoms with van der Waals surface area (Å²) in [5, 5.41) is 7.71. The molecule has 0 spiro atoms. The van der Waals surface area contributed by atoms with Crippen molar-refractivity contribution in [2.24, 2.45) is 11.7 Å². The van der Waals surface area contributed by atoms with Crippen LogP contribution in [0.3, 0.4) is 0 Å². The monoisotopic (exact) mass is 572 g/mol. The van der Waals surface area contributed by atoms with Crippen LogP contribution in [0.1, 0.15) is 16.9 Å². The standard InChI is InChI=1S/C26H21BrN8O3/c27-21-2-1-3-22(31-21)32-26(38)20-9-15-5-6-18(15)35(20)23(36)12-34-19-7-4-14(16-10-29-13-30-11-16)8-17(19)24(33-34)25(28)37/h1-8,10-11,13,15,18,20H,9,12H2,(H2,28,37)(H,31,32,38). The van der Waals surface area contributed by atoms with E-state index in [0.717, 1.165) is 11.1 Å². The van der Waals surface area contributed by atoms with Crippen LogP contribution in [0.15, 0.2) is 71.9 Å². The van der Waals surface area contributed by atoms with Crippen molar-refractivity contribution in [3.63, 3.8) is 0 Å². The number of hydrogen-bond donors (Lipinski definition) is 2. The fourth-order valence-electron chi connectivity index (χ4n) is 5.04. The molecule has 38 heavy (non-hydrogen) atoms. The first-order valence-corrected chi connectivity index (χ1v) is 12.7. The Morgan fingerprint density at radius 1 is 1.08 bits per heavy atom. The molecule has 1 fully saturated rings. The van der Waals surface area contributed by atoms with E-state index in [-0.39, 0.29) is 36.0 Å². The van der Waals surface area contributed by atoms with E-state index in [4.69, 9.17) is 5.73 Å². The molecule has 3 N–H and O–H groups in total. The fourth-order valence-corrected chi connectivity index (χ4v) is 5.39. The van der Waals surface area contributed by atoms with Gasteiger partial charge >= 0.3 is 0 Å². The first kappa shape index (κ1) is 23.9. The van der Waals surface area contributed by atoms with Crippen LogP contribution in [0.4, 0.5) is 5.82 Å². The summed E-state index contributed by atoms with van der Waals surface area (Å²) in [4.78, 5) is 53.0. The Hall–Kier alpha value is -4.45. The summed E-state index contributed by atoms with van der Waals surface area (Å²) in [6, 6.07) is 9.78. The van der Waals surface area contributed by atoms with Crippen molar-refractivity contribution in [1.29, 1.82) is 0 Å². The maximum atomic E-state index is 13.6. The number of benzene rings is 1. The van der Waals surface area contributed by atoms with Gasteiger partial charge in [-0.25, -0.2) is 15.0 Å². The van der Waals surface area contributed by atoms with Crippen molar-refractivity contribution in [1.82, 2.24) is 29.6 Å². The van der Waals surface area contributed by atoms with Gasteiger partial charge in [0.25, 0.3) is 5.91 Å². The molecule has 1 aliphatic carbocycles. The summed E-state index contributed by atoms with van der Waals surface area (Å²) in [6.45, 7) is -0.159. The second-order valence-electron chi connectivity index (χ2n) is 9.16. The maximum Gasteiger partial charge on any atom is 0.269 e. The third-order valence-corrected chi connectivity index (χ3v) is 7.31. The molecule has 4 aromatic rings. The average molecular weight is 573 g/mol. The van der Waals surface area contributed by atoms with Gasteiger partial charge < -0.3 is 16.0 Å². The zero-order valence-corrected chi connectivity index (χ0v) is 21.4. The van der Waals surface area contributed by atoms with E-state index >= 15 is 0 Å². The smallest absolute Gasteiger partial charge is 0.269 e. The average Bonchev–Trinajstić information content (AvgIpc) is 3.38. The van der Waals surface area contributed by atoms with E-state index in [2.05, 4.69) is 41.3 Å². The number of primary amides is 1. The van der Waals surface area contributed by atoms with Crippen molar-refractivity contribution < 1.29 is 14.4 Å². The molecule has 3 amide bonds. The van der Waals surface area contributed by atoms with Gasteiger partial charge in [0, 0.05) is 29.3 Å². The minimum Gasteiger partial charge on any atom is -0.364 e. The van der Waals surface area contributed by atoms with E-state index in [1.807, 2.05) is 18.2 Å². The third-order valence-electron chi connectivity index (χ3n) is 6.87. The third kappa shape index (κ3) is 4.22. The van der Waals surface area contributed by atoms with Crippen molar-refractivity contribution in [3.05, 3.63) is 77.6 Å². The van der Waals surface area contributed by atoms with E-state index in [9.17, 15) is 14.4 Å². The minimum atomic E-state index is -0.704. The lowest BCUT2D eigenvalue weighted by atomic mass is 9.89. The second-order valence-corrected chi connectivity index (χ2v) is 9.97. The Kier molecular flexibility index (Phi) is 5.95. The number of nitrogens with one attached hydrogen (secondary N) is 1. The SMILES string of the molecule is NC(=O)c1nn(CC(=O)N2C(C(=O)Nc3cccc(Br)n3)CC3C=CC32)c2ccc(-c3cncnc3)cc12. The molecule has 190 valence electrons. The Morgan fingerprint density at radius 2 is 1.89 bits per heavy atom. The summed E-state index contributed by atoms with van der Waals surface area (Å²) in [7, 11) is 0. The Bertz CT molecular complexity index is 1620. The molecule has 1 aromatic carbocycles. The second kappa shape index (κ2) is 9.45. The van der Waals surface area contributed by atoms with Gasteiger partial charge in [-0.2, -0.15) is 5.10 Å². The number of likely N-dealkylation sites (tertiary alicyclic amines) is 1. The van der Waals surface area contributed by atoms with Crippen LogP contribution in [0.5, 0.6) is 0 Å².